The van der Waals surface area contributed by atoms with Gasteiger partial charge in [-0.05, 0) is 0 Å². The van der Waals surface area contributed by atoms with Gasteiger partial charge in [0.05, 0.1) is 0 Å². The molecule has 0 aromatic rings. The van der Waals surface area contributed by atoms with Crippen molar-refractivity contribution in [2.24, 2.45) is 11.7 Å². The highest BCUT2D eigenvalue weighted by Gasteiger charge is 2.48. The molecule has 8 heteroatoms. The minimum atomic E-state index is -3.01. The predicted molar refractivity (Wildman–Crippen MR) is 65.9 cm³/mol. The molecule has 1 atom stereocenters. The molecule has 0 aromatic carbocycles. The highest BCUT2D eigenvalue weighted by molar-refractivity contribution is 5.84. The van der Waals surface area contributed by atoms with Crippen molar-refractivity contribution in [2.45, 2.75) is 30.8 Å². The maximum absolute atomic E-state index is 13.7. The van der Waals surface area contributed by atoms with Gasteiger partial charge in [-0.2, -0.15) is 0 Å². The van der Waals surface area contributed by atoms with E-state index in [1.54, 1.807) is 0 Å². The van der Waals surface area contributed by atoms with Crippen LogP contribution in [0.25, 0.3) is 0 Å². The van der Waals surface area contributed by atoms with Crippen molar-refractivity contribution in [1.29, 1.82) is 0 Å². The van der Waals surface area contributed by atoms with Crippen molar-refractivity contribution in [2.75, 3.05) is 26.2 Å². The Hall–Kier alpha value is -1.28. The van der Waals surface area contributed by atoms with Gasteiger partial charge in [-0.15, -0.1) is 0 Å². The summed E-state index contributed by atoms with van der Waals surface area (Å²) in [6.45, 7) is 0.260. The molecule has 6 nitrogen and oxygen atoms in total. The summed E-state index contributed by atoms with van der Waals surface area (Å²) in [7, 11) is 0. The number of carbonyl (C=O) groups excluding carboxylic acids is 2. The molecule has 0 aliphatic carbocycles. The minimum absolute atomic E-state index is 0.0141. The van der Waals surface area contributed by atoms with Crippen LogP contribution in [0.5, 0.6) is 0 Å². The summed E-state index contributed by atoms with van der Waals surface area (Å²) in [5.41, 5.74) is 3.45. The normalized spacial score (nSPS) is 28.9. The molecule has 2 aliphatic heterocycles. The number of nitrogens with two attached hydrogens (primary N) is 1. The largest absolute Gasteiger partial charge is 0.380 e. The van der Waals surface area contributed by atoms with Crippen LogP contribution in [0.2, 0.25) is 0 Å². The van der Waals surface area contributed by atoms with Crippen LogP contribution in [0.4, 0.5) is 8.78 Å². The smallest absolute Gasteiger partial charge is 0.262 e. The van der Waals surface area contributed by atoms with Crippen molar-refractivity contribution < 1.29 is 23.5 Å². The number of likely N-dealkylation sites (tertiary alicyclic amines) is 1. The standard InChI is InChI=1S/C12H19F2N3O3/c13-12(14)1-4-16-7-8(12)9(18)17-5-2-11(20,3-6-17)10(15)19/h8,16,20H,1-7H2,(H2,15,19). The maximum Gasteiger partial charge on any atom is 0.262 e. The predicted octanol–water partition coefficient (Wildman–Crippen LogP) is -0.930. The summed E-state index contributed by atoms with van der Waals surface area (Å²) < 4.78 is 27.5. The fourth-order valence-electron chi connectivity index (χ4n) is 2.66. The number of hydrogen-bond donors (Lipinski definition) is 3. The average molecular weight is 291 g/mol. The topological polar surface area (TPSA) is 95.7 Å². The van der Waals surface area contributed by atoms with Gasteiger partial charge in [-0.25, -0.2) is 8.78 Å². The van der Waals surface area contributed by atoms with Crippen molar-refractivity contribution in [3.63, 3.8) is 0 Å². The van der Waals surface area contributed by atoms with Crippen molar-refractivity contribution in [3.8, 4) is 0 Å². The minimum Gasteiger partial charge on any atom is -0.380 e. The second kappa shape index (κ2) is 5.25. The Morgan fingerprint density at radius 1 is 1.25 bits per heavy atom. The molecular formula is C12H19F2N3O3. The number of aliphatic hydroxyl groups is 1. The molecule has 1 unspecified atom stereocenters. The van der Waals surface area contributed by atoms with E-state index in [-0.39, 0.29) is 45.4 Å². The van der Waals surface area contributed by atoms with Gasteiger partial charge >= 0.3 is 0 Å². The molecule has 0 spiro atoms. The van der Waals surface area contributed by atoms with Crippen molar-refractivity contribution >= 4 is 11.8 Å². The van der Waals surface area contributed by atoms with Gasteiger partial charge in [0.25, 0.3) is 5.92 Å². The number of primary amides is 1. The van der Waals surface area contributed by atoms with Crippen LogP contribution in [0.15, 0.2) is 0 Å². The number of piperidine rings is 2. The van der Waals surface area contributed by atoms with E-state index >= 15 is 0 Å². The molecule has 0 saturated carbocycles. The van der Waals surface area contributed by atoms with Crippen molar-refractivity contribution in [3.05, 3.63) is 0 Å². The third kappa shape index (κ3) is 2.76. The summed E-state index contributed by atoms with van der Waals surface area (Å²) in [4.78, 5) is 24.5. The van der Waals surface area contributed by atoms with E-state index in [0.29, 0.717) is 0 Å². The highest BCUT2D eigenvalue weighted by Crippen LogP contribution is 2.33. The molecule has 114 valence electrons. The van der Waals surface area contributed by atoms with E-state index in [9.17, 15) is 23.5 Å². The van der Waals surface area contributed by atoms with Crippen LogP contribution in [0.1, 0.15) is 19.3 Å². The molecule has 4 N–H and O–H groups in total. The lowest BCUT2D eigenvalue weighted by molar-refractivity contribution is -0.160. The molecule has 0 bridgehead atoms. The van der Waals surface area contributed by atoms with Crippen LogP contribution >= 0.6 is 0 Å². The van der Waals surface area contributed by atoms with Gasteiger partial charge in [0.1, 0.15) is 11.5 Å². The van der Waals surface area contributed by atoms with Gasteiger partial charge in [0.2, 0.25) is 11.8 Å². The quantitative estimate of drug-likeness (QED) is 0.612. The van der Waals surface area contributed by atoms with E-state index in [2.05, 4.69) is 5.32 Å². The number of alkyl halides is 2. The summed E-state index contributed by atoms with van der Waals surface area (Å²) in [5, 5.41) is 12.7. The van der Waals surface area contributed by atoms with Crippen LogP contribution < -0.4 is 11.1 Å². The van der Waals surface area contributed by atoms with Gasteiger partial charge < -0.3 is 21.1 Å². The van der Waals surface area contributed by atoms with E-state index in [0.717, 1.165) is 0 Å². The number of rotatable bonds is 2. The molecule has 2 aliphatic rings. The highest BCUT2D eigenvalue weighted by atomic mass is 19.3. The van der Waals surface area contributed by atoms with Gasteiger partial charge in [0, 0.05) is 45.4 Å². The van der Waals surface area contributed by atoms with E-state index in [4.69, 9.17) is 5.73 Å². The third-order valence-electron chi connectivity index (χ3n) is 4.15. The summed E-state index contributed by atoms with van der Waals surface area (Å²) in [5.74, 6) is -5.86. The first-order valence-corrected chi connectivity index (χ1v) is 6.66. The Kier molecular flexibility index (Phi) is 3.97. The number of halogens is 2. The molecule has 0 aromatic heterocycles. The molecule has 2 saturated heterocycles. The van der Waals surface area contributed by atoms with Gasteiger partial charge in [-0.3, -0.25) is 9.59 Å². The van der Waals surface area contributed by atoms with E-state index < -0.39 is 29.3 Å². The monoisotopic (exact) mass is 291 g/mol. The summed E-state index contributed by atoms with van der Waals surface area (Å²) >= 11 is 0. The Balaban J connectivity index is 2.00. The lowest BCUT2D eigenvalue weighted by Crippen LogP contribution is -2.57. The fraction of sp³-hybridized carbons (Fsp3) is 0.833. The second-order valence-corrected chi connectivity index (χ2v) is 5.49. The zero-order valence-electron chi connectivity index (χ0n) is 11.1. The van der Waals surface area contributed by atoms with Crippen molar-refractivity contribution in [1.82, 2.24) is 10.2 Å². The van der Waals surface area contributed by atoms with Crippen LogP contribution in [0.3, 0.4) is 0 Å². The second-order valence-electron chi connectivity index (χ2n) is 5.49. The molecule has 2 amide bonds. The first-order valence-electron chi connectivity index (χ1n) is 6.66. The number of hydrogen-bond acceptors (Lipinski definition) is 4. The van der Waals surface area contributed by atoms with Gasteiger partial charge in [0.15, 0.2) is 0 Å². The Morgan fingerprint density at radius 3 is 2.35 bits per heavy atom. The lowest BCUT2D eigenvalue weighted by atomic mass is 9.88. The number of nitrogens with zero attached hydrogens (tertiary/aromatic N) is 1. The molecule has 2 rings (SSSR count). The third-order valence-corrected chi connectivity index (χ3v) is 4.15. The number of amides is 2. The van der Waals surface area contributed by atoms with E-state index in [1.807, 2.05) is 0 Å². The summed E-state index contributed by atoms with van der Waals surface area (Å²) in [6.07, 6.45) is -0.387. The number of carbonyl (C=O) groups is 2. The summed E-state index contributed by atoms with van der Waals surface area (Å²) in [6, 6.07) is 0. The molecule has 2 fully saturated rings. The molecule has 0 radical (unpaired) electrons. The molecule has 2 heterocycles. The molecule has 20 heavy (non-hydrogen) atoms. The Labute approximate surface area is 115 Å². The van der Waals surface area contributed by atoms with Crippen LogP contribution in [-0.4, -0.2) is 59.5 Å². The lowest BCUT2D eigenvalue weighted by Gasteiger charge is -2.39. The zero-order valence-corrected chi connectivity index (χ0v) is 11.1. The SMILES string of the molecule is NC(=O)C1(O)CCN(C(=O)C2CNCCC2(F)F)CC1. The van der Waals surface area contributed by atoms with Crippen LogP contribution in [0, 0.1) is 5.92 Å². The Bertz CT molecular complexity index is 409. The van der Waals surface area contributed by atoms with E-state index in [1.165, 1.54) is 4.90 Å². The first kappa shape index (κ1) is 15.1. The number of nitrogens with one attached hydrogen (secondary N) is 1. The molecular weight excluding hydrogens is 272 g/mol. The van der Waals surface area contributed by atoms with Crippen LogP contribution in [-0.2, 0) is 9.59 Å². The maximum atomic E-state index is 13.7. The average Bonchev–Trinajstić information content (AvgIpc) is 2.38. The zero-order chi connectivity index (χ0) is 15.0. The fourth-order valence-corrected chi connectivity index (χ4v) is 2.66. The Morgan fingerprint density at radius 2 is 1.85 bits per heavy atom. The first-order chi connectivity index (χ1) is 9.26. The van der Waals surface area contributed by atoms with Gasteiger partial charge in [-0.1, -0.05) is 0 Å².